The number of hydrogen-bond donors (Lipinski definition) is 2. The summed E-state index contributed by atoms with van der Waals surface area (Å²) in [5.74, 6) is 0.440. The molecule has 0 saturated carbocycles. The Hall–Kier alpha value is -0.970. The Balaban J connectivity index is 2.23. The molecule has 1 heterocycles. The third-order valence-electron chi connectivity index (χ3n) is 3.45. The zero-order chi connectivity index (χ0) is 13.1. The number of nitrogens with one attached hydrogen (secondary N) is 1. The lowest BCUT2D eigenvalue weighted by atomic mass is 10.1. The van der Waals surface area contributed by atoms with Crippen LogP contribution in [-0.4, -0.2) is 43.3 Å². The number of nitrogens with zero attached hydrogens (tertiary/aromatic N) is 1. The zero-order valence-corrected chi connectivity index (χ0v) is 11.5. The summed E-state index contributed by atoms with van der Waals surface area (Å²) in [6.45, 7) is 6.19. The summed E-state index contributed by atoms with van der Waals surface area (Å²) >= 11 is 6.02. The second kappa shape index (κ2) is 5.78. The van der Waals surface area contributed by atoms with E-state index in [1.54, 1.807) is 0 Å². The van der Waals surface area contributed by atoms with Gasteiger partial charge < -0.3 is 15.2 Å². The average Bonchev–Trinajstić information content (AvgIpc) is 2.42. The van der Waals surface area contributed by atoms with Crippen molar-refractivity contribution in [1.82, 2.24) is 10.2 Å². The van der Waals surface area contributed by atoms with E-state index in [0.717, 1.165) is 31.7 Å². The summed E-state index contributed by atoms with van der Waals surface area (Å²) in [4.78, 5) is 2.39. The molecule has 100 valence electrons. The molecule has 2 N–H and O–H groups in total. The van der Waals surface area contributed by atoms with E-state index in [1.165, 1.54) is 7.11 Å². The van der Waals surface area contributed by atoms with Crippen LogP contribution in [0.1, 0.15) is 18.5 Å². The molecule has 2 rings (SSSR count). The minimum absolute atomic E-state index is 0.00966. The van der Waals surface area contributed by atoms with Crippen molar-refractivity contribution < 1.29 is 9.84 Å². The van der Waals surface area contributed by atoms with Gasteiger partial charge in [0, 0.05) is 32.2 Å². The van der Waals surface area contributed by atoms with E-state index >= 15 is 0 Å². The molecule has 1 aliphatic rings. The van der Waals surface area contributed by atoms with Gasteiger partial charge in [-0.1, -0.05) is 11.6 Å². The molecular weight excluding hydrogens is 252 g/mol. The van der Waals surface area contributed by atoms with E-state index in [1.807, 2.05) is 12.1 Å². The summed E-state index contributed by atoms with van der Waals surface area (Å²) in [7, 11) is 1.53. The number of aromatic hydroxyl groups is 1. The van der Waals surface area contributed by atoms with E-state index in [0.29, 0.717) is 10.8 Å². The highest BCUT2D eigenvalue weighted by molar-refractivity contribution is 6.32. The third-order valence-corrected chi connectivity index (χ3v) is 3.74. The van der Waals surface area contributed by atoms with Crippen LogP contribution in [0.15, 0.2) is 12.1 Å². The van der Waals surface area contributed by atoms with Crippen LogP contribution in [0, 0.1) is 0 Å². The van der Waals surface area contributed by atoms with Gasteiger partial charge >= 0.3 is 0 Å². The van der Waals surface area contributed by atoms with Crippen LogP contribution in [0.2, 0.25) is 5.02 Å². The Morgan fingerprint density at radius 1 is 1.39 bits per heavy atom. The summed E-state index contributed by atoms with van der Waals surface area (Å²) in [6, 6.07) is 3.93. The smallest absolute Gasteiger partial charge is 0.176 e. The fourth-order valence-corrected chi connectivity index (χ4v) is 2.49. The molecule has 0 bridgehead atoms. The van der Waals surface area contributed by atoms with Crippen LogP contribution in [0.3, 0.4) is 0 Å². The largest absolute Gasteiger partial charge is 0.503 e. The van der Waals surface area contributed by atoms with Crippen LogP contribution >= 0.6 is 11.6 Å². The fourth-order valence-electron chi connectivity index (χ4n) is 2.27. The molecule has 0 unspecified atom stereocenters. The Kier molecular flexibility index (Phi) is 4.32. The lowest BCUT2D eigenvalue weighted by Crippen LogP contribution is -2.44. The molecular formula is C13H19ClN2O2. The maximum atomic E-state index is 9.73. The lowest BCUT2D eigenvalue weighted by molar-refractivity contribution is 0.185. The van der Waals surface area contributed by atoms with E-state index in [2.05, 4.69) is 17.1 Å². The Labute approximate surface area is 113 Å². The van der Waals surface area contributed by atoms with Crippen molar-refractivity contribution in [3.63, 3.8) is 0 Å². The van der Waals surface area contributed by atoms with Gasteiger partial charge in [0.2, 0.25) is 0 Å². The monoisotopic (exact) mass is 270 g/mol. The summed E-state index contributed by atoms with van der Waals surface area (Å²) in [6.07, 6.45) is 0. The van der Waals surface area contributed by atoms with Gasteiger partial charge in [0.15, 0.2) is 11.5 Å². The second-order valence-electron chi connectivity index (χ2n) is 4.52. The number of phenolic OH excluding ortho intramolecular Hbond substituents is 1. The normalized spacial score (nSPS) is 18.6. The Morgan fingerprint density at radius 2 is 2.06 bits per heavy atom. The van der Waals surface area contributed by atoms with Crippen molar-refractivity contribution in [3.8, 4) is 11.5 Å². The number of benzene rings is 1. The van der Waals surface area contributed by atoms with Crippen LogP contribution < -0.4 is 10.1 Å². The van der Waals surface area contributed by atoms with Crippen molar-refractivity contribution >= 4 is 11.6 Å². The minimum Gasteiger partial charge on any atom is -0.503 e. The highest BCUT2D eigenvalue weighted by atomic mass is 35.5. The molecule has 18 heavy (non-hydrogen) atoms. The maximum Gasteiger partial charge on any atom is 0.176 e. The predicted octanol–water partition coefficient (Wildman–Crippen LogP) is 2.02. The molecule has 5 heteroatoms. The van der Waals surface area contributed by atoms with E-state index < -0.39 is 0 Å². The highest BCUT2D eigenvalue weighted by Gasteiger charge is 2.20. The van der Waals surface area contributed by atoms with Crippen molar-refractivity contribution in [2.24, 2.45) is 0 Å². The van der Waals surface area contributed by atoms with Gasteiger partial charge in [0.1, 0.15) is 0 Å². The van der Waals surface area contributed by atoms with E-state index in [4.69, 9.17) is 16.3 Å². The van der Waals surface area contributed by atoms with Crippen molar-refractivity contribution in [1.29, 1.82) is 0 Å². The van der Waals surface area contributed by atoms with Gasteiger partial charge in [0.05, 0.1) is 12.1 Å². The number of methoxy groups -OCH3 is 1. The third kappa shape index (κ3) is 2.71. The van der Waals surface area contributed by atoms with Gasteiger partial charge in [-0.2, -0.15) is 0 Å². The molecule has 4 nitrogen and oxygen atoms in total. The summed E-state index contributed by atoms with van der Waals surface area (Å²) in [5.41, 5.74) is 1.07. The van der Waals surface area contributed by atoms with Crippen LogP contribution in [-0.2, 0) is 0 Å². The predicted molar refractivity (Wildman–Crippen MR) is 72.5 cm³/mol. The molecule has 0 aromatic heterocycles. The average molecular weight is 271 g/mol. The van der Waals surface area contributed by atoms with Crippen molar-refractivity contribution in [2.75, 3.05) is 33.3 Å². The Morgan fingerprint density at radius 3 is 2.67 bits per heavy atom. The Bertz CT molecular complexity index is 420. The van der Waals surface area contributed by atoms with E-state index in [9.17, 15) is 5.11 Å². The molecule has 0 spiro atoms. The second-order valence-corrected chi connectivity index (χ2v) is 4.92. The molecule has 1 atom stereocenters. The first kappa shape index (κ1) is 13.5. The zero-order valence-electron chi connectivity index (χ0n) is 10.7. The number of halogens is 1. The first-order valence-corrected chi connectivity index (χ1v) is 6.52. The molecule has 1 aromatic rings. The van der Waals surface area contributed by atoms with Gasteiger partial charge in [-0.15, -0.1) is 0 Å². The molecule has 1 saturated heterocycles. The molecule has 0 aliphatic carbocycles. The molecule has 0 amide bonds. The number of hydrogen-bond acceptors (Lipinski definition) is 4. The van der Waals surface area contributed by atoms with Gasteiger partial charge in [-0.3, -0.25) is 4.90 Å². The number of phenols is 1. The SMILES string of the molecule is COc1cc([C@H](C)N2CCNCC2)cc(Cl)c1O. The molecule has 1 aromatic carbocycles. The lowest BCUT2D eigenvalue weighted by Gasteiger charge is -2.33. The quantitative estimate of drug-likeness (QED) is 0.882. The molecule has 1 fully saturated rings. The van der Waals surface area contributed by atoms with Crippen LogP contribution in [0.25, 0.3) is 0 Å². The van der Waals surface area contributed by atoms with E-state index in [-0.39, 0.29) is 11.8 Å². The molecule has 0 radical (unpaired) electrons. The minimum atomic E-state index is 0.00966. The van der Waals surface area contributed by atoms with Crippen LogP contribution in [0.5, 0.6) is 11.5 Å². The summed E-state index contributed by atoms with van der Waals surface area (Å²) < 4.78 is 5.14. The molecule has 1 aliphatic heterocycles. The van der Waals surface area contributed by atoms with Gasteiger partial charge in [0.25, 0.3) is 0 Å². The van der Waals surface area contributed by atoms with Gasteiger partial charge in [-0.25, -0.2) is 0 Å². The van der Waals surface area contributed by atoms with Crippen LogP contribution in [0.4, 0.5) is 0 Å². The maximum absolute atomic E-state index is 9.73. The standard InChI is InChI=1S/C13H19ClN2O2/c1-9(16-5-3-15-4-6-16)10-7-11(14)13(17)12(8-10)18-2/h7-9,15,17H,3-6H2,1-2H3/t9-/m0/s1. The van der Waals surface area contributed by atoms with Crippen molar-refractivity contribution in [2.45, 2.75) is 13.0 Å². The van der Waals surface area contributed by atoms with Crippen molar-refractivity contribution in [3.05, 3.63) is 22.7 Å². The first-order chi connectivity index (χ1) is 8.63. The summed E-state index contributed by atoms with van der Waals surface area (Å²) in [5, 5.41) is 13.4. The number of rotatable bonds is 3. The topological polar surface area (TPSA) is 44.7 Å². The first-order valence-electron chi connectivity index (χ1n) is 6.14. The highest BCUT2D eigenvalue weighted by Crippen LogP contribution is 2.37. The fraction of sp³-hybridized carbons (Fsp3) is 0.538. The number of piperazine rings is 1. The van der Waals surface area contributed by atoms with Gasteiger partial charge in [-0.05, 0) is 24.6 Å². The number of ether oxygens (including phenoxy) is 1.